The molecule has 2 saturated heterocycles. The summed E-state index contributed by atoms with van der Waals surface area (Å²) in [5.41, 5.74) is 1.57. The highest BCUT2D eigenvalue weighted by Gasteiger charge is 2.43. The Morgan fingerprint density at radius 3 is 2.47 bits per heavy atom. The molecule has 8 heteroatoms. The van der Waals surface area contributed by atoms with Crippen LogP contribution in [0.4, 0.5) is 10.1 Å². The topological polar surface area (TPSA) is 53.1 Å². The van der Waals surface area contributed by atoms with Gasteiger partial charge < -0.3 is 19.4 Å². The Balaban J connectivity index is 1.19. The molecule has 3 unspecified atom stereocenters. The summed E-state index contributed by atoms with van der Waals surface area (Å²) in [5, 5.41) is 0.224. The Labute approximate surface area is 216 Å². The van der Waals surface area contributed by atoms with Gasteiger partial charge in [-0.05, 0) is 55.7 Å². The van der Waals surface area contributed by atoms with E-state index in [-0.39, 0.29) is 34.8 Å². The van der Waals surface area contributed by atoms with Crippen molar-refractivity contribution in [2.45, 2.75) is 30.6 Å². The highest BCUT2D eigenvalue weighted by molar-refractivity contribution is 8.04. The van der Waals surface area contributed by atoms with E-state index in [2.05, 4.69) is 17.0 Å². The Kier molecular flexibility index (Phi) is 7.23. The first-order valence-corrected chi connectivity index (χ1v) is 13.4. The van der Waals surface area contributed by atoms with E-state index in [1.807, 2.05) is 24.1 Å². The lowest BCUT2D eigenvalue weighted by Crippen LogP contribution is -2.55. The van der Waals surface area contributed by atoms with Gasteiger partial charge in [0, 0.05) is 61.7 Å². The Morgan fingerprint density at radius 2 is 1.78 bits per heavy atom. The molecule has 3 fully saturated rings. The first kappa shape index (κ1) is 24.7. The van der Waals surface area contributed by atoms with Crippen molar-refractivity contribution >= 4 is 35.3 Å². The van der Waals surface area contributed by atoms with Crippen LogP contribution in [0, 0.1) is 11.7 Å². The lowest BCUT2D eigenvalue weighted by atomic mass is 9.83. The van der Waals surface area contributed by atoms with Gasteiger partial charge in [-0.25, -0.2) is 4.39 Å². The number of rotatable bonds is 4. The number of likely N-dealkylation sites (N-methyl/N-ethyl adjacent to an activating group) is 1. The van der Waals surface area contributed by atoms with Crippen molar-refractivity contribution in [1.29, 1.82) is 0 Å². The van der Waals surface area contributed by atoms with Crippen LogP contribution < -0.4 is 9.64 Å². The maximum absolute atomic E-state index is 14.1. The number of nitrogens with zero attached hydrogens (tertiary/aromatic N) is 3. The number of thioether (sulfide) groups is 1. The van der Waals surface area contributed by atoms with Gasteiger partial charge in [-0.3, -0.25) is 9.59 Å². The van der Waals surface area contributed by atoms with Crippen molar-refractivity contribution in [1.82, 2.24) is 9.80 Å². The van der Waals surface area contributed by atoms with E-state index in [1.54, 1.807) is 48.0 Å². The van der Waals surface area contributed by atoms with Gasteiger partial charge in [-0.1, -0.05) is 18.2 Å². The van der Waals surface area contributed by atoms with Crippen molar-refractivity contribution in [3.05, 3.63) is 64.8 Å². The zero-order valence-electron chi connectivity index (χ0n) is 20.7. The molecule has 1 saturated carbocycles. The van der Waals surface area contributed by atoms with Crippen LogP contribution in [-0.2, 0) is 9.59 Å². The molecule has 5 rings (SSSR count). The molecule has 0 spiro atoms. The molecule has 6 nitrogen and oxygen atoms in total. The van der Waals surface area contributed by atoms with Crippen LogP contribution in [-0.4, -0.2) is 73.2 Å². The second-order valence-electron chi connectivity index (χ2n) is 9.69. The van der Waals surface area contributed by atoms with Crippen LogP contribution in [0.25, 0.3) is 6.08 Å². The fraction of sp³-hybridized carbons (Fsp3) is 0.429. The molecule has 2 aliphatic heterocycles. The van der Waals surface area contributed by atoms with Crippen LogP contribution in [0.3, 0.4) is 0 Å². The molecule has 190 valence electrons. The molecule has 2 heterocycles. The average Bonchev–Trinajstić information content (AvgIpc) is 2.92. The number of carbonyl (C=O) groups excluding carboxylic acids is 2. The van der Waals surface area contributed by atoms with Crippen LogP contribution >= 0.6 is 11.8 Å². The van der Waals surface area contributed by atoms with Gasteiger partial charge in [-0.15, -0.1) is 11.8 Å². The highest BCUT2D eigenvalue weighted by Crippen LogP contribution is 2.43. The molecule has 2 aromatic rings. The number of benzene rings is 2. The molecule has 0 N–H and O–H groups in total. The first-order valence-electron chi connectivity index (χ1n) is 12.5. The number of hydrogen-bond acceptors (Lipinski definition) is 5. The van der Waals surface area contributed by atoms with Crippen LogP contribution in [0.15, 0.2) is 53.4 Å². The molecule has 36 heavy (non-hydrogen) atoms. The summed E-state index contributed by atoms with van der Waals surface area (Å²) in [7, 11) is 3.48. The number of anilines is 1. The Hall–Kier alpha value is -3.00. The van der Waals surface area contributed by atoms with Crippen LogP contribution in [0.2, 0.25) is 0 Å². The molecule has 0 radical (unpaired) electrons. The molecule has 3 atom stereocenters. The van der Waals surface area contributed by atoms with Crippen molar-refractivity contribution in [3.8, 4) is 5.75 Å². The maximum atomic E-state index is 14.1. The highest BCUT2D eigenvalue weighted by atomic mass is 32.2. The van der Waals surface area contributed by atoms with E-state index in [0.29, 0.717) is 30.0 Å². The summed E-state index contributed by atoms with van der Waals surface area (Å²) in [5.74, 6) is 0.561. The third-order valence-corrected chi connectivity index (χ3v) is 9.03. The normalized spacial score (nSPS) is 25.6. The predicted molar refractivity (Wildman–Crippen MR) is 141 cm³/mol. The largest absolute Gasteiger partial charge is 0.497 e. The van der Waals surface area contributed by atoms with Crippen molar-refractivity contribution in [3.63, 3.8) is 0 Å². The summed E-state index contributed by atoms with van der Waals surface area (Å²) in [4.78, 5) is 33.1. The van der Waals surface area contributed by atoms with Gasteiger partial charge in [0.25, 0.3) is 5.91 Å². The van der Waals surface area contributed by atoms with Gasteiger partial charge in [0.05, 0.1) is 12.0 Å². The van der Waals surface area contributed by atoms with Crippen LogP contribution in [0.1, 0.15) is 24.8 Å². The first-order chi connectivity index (χ1) is 17.4. The van der Waals surface area contributed by atoms with E-state index >= 15 is 0 Å². The fourth-order valence-corrected chi connectivity index (χ4v) is 6.96. The minimum Gasteiger partial charge on any atom is -0.497 e. The number of hydrogen-bond donors (Lipinski definition) is 0. The third kappa shape index (κ3) is 4.96. The summed E-state index contributed by atoms with van der Waals surface area (Å²) in [6, 6.07) is 14.6. The van der Waals surface area contributed by atoms with Gasteiger partial charge >= 0.3 is 0 Å². The number of piperazine rings is 1. The number of carbonyl (C=O) groups is 2. The number of fused-ring (bicyclic) bond motifs is 1. The molecule has 3 aliphatic rings. The molecule has 2 amide bonds. The van der Waals surface area contributed by atoms with E-state index in [9.17, 15) is 14.0 Å². The molecule has 1 aliphatic carbocycles. The molecule has 0 aromatic heterocycles. The average molecular weight is 510 g/mol. The minimum atomic E-state index is -0.329. The smallest absolute Gasteiger partial charge is 0.260 e. The third-order valence-electron chi connectivity index (χ3n) is 7.63. The Bertz CT molecular complexity index is 1150. The molecular weight excluding hydrogens is 477 g/mol. The van der Waals surface area contributed by atoms with E-state index < -0.39 is 0 Å². The predicted octanol–water partition coefficient (Wildman–Crippen LogP) is 4.27. The lowest BCUT2D eigenvalue weighted by molar-refractivity contribution is -0.139. The fourth-order valence-electron chi connectivity index (χ4n) is 5.49. The zero-order valence-corrected chi connectivity index (χ0v) is 21.5. The van der Waals surface area contributed by atoms with E-state index in [0.717, 1.165) is 37.4 Å². The molecule has 0 bridgehead atoms. The van der Waals surface area contributed by atoms with Crippen molar-refractivity contribution in [2.75, 3.05) is 45.2 Å². The van der Waals surface area contributed by atoms with E-state index in [1.165, 1.54) is 6.07 Å². The second-order valence-corrected chi connectivity index (χ2v) is 11.0. The monoisotopic (exact) mass is 509 g/mol. The Morgan fingerprint density at radius 1 is 1.06 bits per heavy atom. The quantitative estimate of drug-likeness (QED) is 0.577. The summed E-state index contributed by atoms with van der Waals surface area (Å²) in [6.07, 6.45) is 4.03. The van der Waals surface area contributed by atoms with Crippen molar-refractivity contribution < 1.29 is 18.7 Å². The lowest BCUT2D eigenvalue weighted by Gasteiger charge is -2.45. The minimum absolute atomic E-state index is 0.0172. The van der Waals surface area contributed by atoms with Gasteiger partial charge in [0.15, 0.2) is 0 Å². The number of amides is 2. The van der Waals surface area contributed by atoms with Gasteiger partial charge in [0.2, 0.25) is 5.91 Å². The van der Waals surface area contributed by atoms with E-state index in [4.69, 9.17) is 4.74 Å². The zero-order chi connectivity index (χ0) is 25.2. The molecule has 2 aromatic carbocycles. The summed E-state index contributed by atoms with van der Waals surface area (Å²) in [6.45, 7) is 3.01. The number of halogens is 1. The number of ether oxygens (including phenoxy) is 1. The van der Waals surface area contributed by atoms with Crippen molar-refractivity contribution in [2.24, 2.45) is 5.92 Å². The van der Waals surface area contributed by atoms with Gasteiger partial charge in [-0.2, -0.15) is 0 Å². The standard InChI is InChI=1S/C28H32FN3O3S/c1-30-24-17-20(7-12-25(24)36-26(28(30)34)18-19-5-3-4-6-23(19)29)27(33)32-15-13-31(14-16-32)21-8-10-22(35-2)11-9-21/h3-6,8-11,18,20,24-25H,7,12-17H2,1-2H3/b26-18-. The van der Waals surface area contributed by atoms with Gasteiger partial charge in [0.1, 0.15) is 11.6 Å². The number of methoxy groups -OCH3 is 1. The SMILES string of the molecule is COc1ccc(N2CCN(C(=O)C3CCC4S/C(=C\c5ccccc5F)C(=O)N(C)C4C3)CC2)cc1. The molecular formula is C28H32FN3O3S. The second kappa shape index (κ2) is 10.5. The summed E-state index contributed by atoms with van der Waals surface area (Å²) < 4.78 is 19.4. The summed E-state index contributed by atoms with van der Waals surface area (Å²) >= 11 is 1.54. The van der Waals surface area contributed by atoms with Crippen LogP contribution in [0.5, 0.6) is 5.75 Å². The maximum Gasteiger partial charge on any atom is 0.260 e.